The molecule has 0 unspecified atom stereocenters. The Balaban J connectivity index is 1.51. The summed E-state index contributed by atoms with van der Waals surface area (Å²) in [5.41, 5.74) is 3.53. The lowest BCUT2D eigenvalue weighted by molar-refractivity contribution is 0.0956. The Morgan fingerprint density at radius 2 is 1.86 bits per heavy atom. The number of hydrogen-bond acceptors (Lipinski definition) is 6. The molecule has 1 aromatic carbocycles. The molecule has 1 aromatic heterocycles. The fraction of sp³-hybridized carbons (Fsp3) is 0.435. The zero-order valence-electron chi connectivity index (χ0n) is 16.9. The van der Waals surface area contributed by atoms with Crippen molar-refractivity contribution in [1.82, 2.24) is 14.9 Å². The number of β-amino-alcohol motifs (C(OH)–C–C–N with tert-alkyl or cyclic N) is 1. The molecule has 29 heavy (non-hydrogen) atoms. The van der Waals surface area contributed by atoms with E-state index in [1.807, 2.05) is 25.1 Å². The van der Waals surface area contributed by atoms with E-state index in [0.717, 1.165) is 61.1 Å². The number of benzene rings is 1. The first-order chi connectivity index (χ1) is 14.1. The molecular formula is C23H28N4O2. The van der Waals surface area contributed by atoms with Crippen LogP contribution in [0.1, 0.15) is 33.7 Å². The monoisotopic (exact) mass is 392 g/mol. The summed E-state index contributed by atoms with van der Waals surface area (Å²) >= 11 is 0. The average Bonchev–Trinajstić information content (AvgIpc) is 2.73. The second-order valence-corrected chi connectivity index (χ2v) is 7.84. The number of piperazine rings is 1. The van der Waals surface area contributed by atoms with E-state index in [2.05, 4.69) is 39.1 Å². The molecule has 2 aliphatic rings. The molecule has 152 valence electrons. The molecule has 2 heterocycles. The third-order valence-electron chi connectivity index (χ3n) is 5.77. The number of carbonyl (C=O) groups is 1. The molecule has 4 rings (SSSR count). The van der Waals surface area contributed by atoms with Crippen molar-refractivity contribution in [2.45, 2.75) is 19.8 Å². The second-order valence-electron chi connectivity index (χ2n) is 7.84. The van der Waals surface area contributed by atoms with E-state index in [1.54, 1.807) is 0 Å². The van der Waals surface area contributed by atoms with Gasteiger partial charge in [-0.2, -0.15) is 0 Å². The third-order valence-corrected chi connectivity index (χ3v) is 5.77. The maximum absolute atomic E-state index is 12.8. The van der Waals surface area contributed by atoms with Crippen LogP contribution in [0.15, 0.2) is 36.4 Å². The van der Waals surface area contributed by atoms with Crippen LogP contribution in [0.25, 0.3) is 6.08 Å². The molecule has 1 saturated heterocycles. The van der Waals surface area contributed by atoms with Crippen LogP contribution >= 0.6 is 0 Å². The largest absolute Gasteiger partial charge is 0.395 e. The smallest absolute Gasteiger partial charge is 0.225 e. The average molecular weight is 393 g/mol. The van der Waals surface area contributed by atoms with Crippen molar-refractivity contribution < 1.29 is 9.90 Å². The quantitative estimate of drug-likeness (QED) is 0.842. The highest BCUT2D eigenvalue weighted by molar-refractivity contribution is 5.99. The molecule has 1 fully saturated rings. The molecule has 0 spiro atoms. The van der Waals surface area contributed by atoms with Crippen LogP contribution < -0.4 is 4.90 Å². The molecule has 0 amide bonds. The lowest BCUT2D eigenvalue weighted by Gasteiger charge is -2.35. The van der Waals surface area contributed by atoms with Gasteiger partial charge < -0.3 is 10.0 Å². The van der Waals surface area contributed by atoms with Gasteiger partial charge in [-0.05, 0) is 24.8 Å². The van der Waals surface area contributed by atoms with Crippen molar-refractivity contribution in [2.24, 2.45) is 5.92 Å². The predicted molar refractivity (Wildman–Crippen MR) is 114 cm³/mol. The van der Waals surface area contributed by atoms with Crippen molar-refractivity contribution in [3.8, 4) is 0 Å². The van der Waals surface area contributed by atoms with Crippen molar-refractivity contribution in [1.29, 1.82) is 0 Å². The number of aryl methyl sites for hydroxylation is 1. The van der Waals surface area contributed by atoms with Gasteiger partial charge in [0.2, 0.25) is 5.95 Å². The Morgan fingerprint density at radius 3 is 2.59 bits per heavy atom. The van der Waals surface area contributed by atoms with Crippen LogP contribution in [0.2, 0.25) is 0 Å². The Bertz CT molecular complexity index is 889. The van der Waals surface area contributed by atoms with Gasteiger partial charge in [0.1, 0.15) is 0 Å². The van der Waals surface area contributed by atoms with Crippen LogP contribution in [0.3, 0.4) is 0 Å². The van der Waals surface area contributed by atoms with Crippen molar-refractivity contribution in [3.63, 3.8) is 0 Å². The molecule has 6 nitrogen and oxygen atoms in total. The van der Waals surface area contributed by atoms with Crippen LogP contribution in [0.4, 0.5) is 5.95 Å². The SMILES string of the molecule is Cc1nc(N2CCN(CCO)CC2)nc2c1C(=O)C[C@@H](/C=C/c1ccccc1)C2. The highest BCUT2D eigenvalue weighted by Crippen LogP contribution is 2.29. The summed E-state index contributed by atoms with van der Waals surface area (Å²) in [6.07, 6.45) is 5.52. The normalized spacial score (nSPS) is 20.3. The van der Waals surface area contributed by atoms with E-state index < -0.39 is 0 Å². The molecule has 2 aromatic rings. The lowest BCUT2D eigenvalue weighted by Crippen LogP contribution is -2.48. The first-order valence-corrected chi connectivity index (χ1v) is 10.4. The van der Waals surface area contributed by atoms with Gasteiger partial charge in [0.25, 0.3) is 0 Å². The van der Waals surface area contributed by atoms with Crippen LogP contribution in [-0.4, -0.2) is 65.1 Å². The molecule has 0 bridgehead atoms. The topological polar surface area (TPSA) is 69.6 Å². The second kappa shape index (κ2) is 8.84. The number of aliphatic hydroxyl groups excluding tert-OH is 1. The Hall–Kier alpha value is -2.57. The summed E-state index contributed by atoms with van der Waals surface area (Å²) in [6, 6.07) is 10.2. The van der Waals surface area contributed by atoms with Gasteiger partial charge in [-0.3, -0.25) is 9.69 Å². The van der Waals surface area contributed by atoms with Gasteiger partial charge in [-0.1, -0.05) is 42.5 Å². The first kappa shape index (κ1) is 19.7. The van der Waals surface area contributed by atoms with Gasteiger partial charge in [-0.15, -0.1) is 0 Å². The zero-order valence-corrected chi connectivity index (χ0v) is 16.9. The summed E-state index contributed by atoms with van der Waals surface area (Å²) < 4.78 is 0. The molecular weight excluding hydrogens is 364 g/mol. The van der Waals surface area contributed by atoms with Crippen molar-refractivity contribution in [3.05, 3.63) is 58.9 Å². The Kier molecular flexibility index (Phi) is 6.02. The highest BCUT2D eigenvalue weighted by Gasteiger charge is 2.29. The van der Waals surface area contributed by atoms with Crippen LogP contribution in [0.5, 0.6) is 0 Å². The van der Waals surface area contributed by atoms with Gasteiger partial charge in [0.15, 0.2) is 5.78 Å². The summed E-state index contributed by atoms with van der Waals surface area (Å²) in [5, 5.41) is 9.12. The third kappa shape index (κ3) is 4.54. The van der Waals surface area contributed by atoms with E-state index >= 15 is 0 Å². The maximum atomic E-state index is 12.8. The number of carbonyl (C=O) groups excluding carboxylic acids is 1. The number of fused-ring (bicyclic) bond motifs is 1. The van der Waals surface area contributed by atoms with Gasteiger partial charge in [-0.25, -0.2) is 9.97 Å². The van der Waals surface area contributed by atoms with E-state index in [9.17, 15) is 4.79 Å². The minimum Gasteiger partial charge on any atom is -0.395 e. The van der Waals surface area contributed by atoms with E-state index in [0.29, 0.717) is 13.0 Å². The van der Waals surface area contributed by atoms with Crippen molar-refractivity contribution >= 4 is 17.8 Å². The van der Waals surface area contributed by atoms with Gasteiger partial charge >= 0.3 is 0 Å². The van der Waals surface area contributed by atoms with E-state index in [1.165, 1.54) is 0 Å². The number of nitrogens with zero attached hydrogens (tertiary/aromatic N) is 4. The van der Waals surface area contributed by atoms with Gasteiger partial charge in [0.05, 0.1) is 23.6 Å². The Labute approximate surface area is 171 Å². The molecule has 6 heteroatoms. The standard InChI is InChI=1S/C23H28N4O2/c1-17-22-20(25-23(24-17)27-11-9-26(10-12-27)13-14-28)15-19(16-21(22)29)8-7-18-5-3-2-4-6-18/h2-8,19,28H,9-16H2,1H3/b8-7+/t19-/m0/s1. The zero-order chi connectivity index (χ0) is 20.2. The number of hydrogen-bond donors (Lipinski definition) is 1. The number of aliphatic hydroxyl groups is 1. The molecule has 0 saturated carbocycles. The van der Waals surface area contributed by atoms with E-state index in [-0.39, 0.29) is 18.3 Å². The van der Waals surface area contributed by atoms with Crippen molar-refractivity contribution in [2.75, 3.05) is 44.2 Å². The first-order valence-electron chi connectivity index (χ1n) is 10.4. The van der Waals surface area contributed by atoms with Crippen LogP contribution in [0, 0.1) is 12.8 Å². The predicted octanol–water partition coefficient (Wildman–Crippen LogP) is 2.36. The lowest BCUT2D eigenvalue weighted by atomic mass is 9.85. The highest BCUT2D eigenvalue weighted by atomic mass is 16.3. The molecule has 1 aliphatic heterocycles. The number of rotatable bonds is 5. The molecule has 0 radical (unpaired) electrons. The molecule has 1 atom stereocenters. The minimum atomic E-state index is 0.144. The fourth-order valence-electron chi connectivity index (χ4n) is 4.19. The number of aromatic nitrogens is 2. The number of ketones is 1. The molecule has 1 aliphatic carbocycles. The maximum Gasteiger partial charge on any atom is 0.225 e. The van der Waals surface area contributed by atoms with Gasteiger partial charge in [0, 0.05) is 39.1 Å². The summed E-state index contributed by atoms with van der Waals surface area (Å²) in [4.78, 5) is 26.7. The van der Waals surface area contributed by atoms with Crippen LogP contribution in [-0.2, 0) is 6.42 Å². The number of anilines is 1. The number of allylic oxidation sites excluding steroid dienone is 1. The number of Topliss-reactive ketones (excluding diaryl/α,β-unsaturated/α-hetero) is 1. The summed E-state index contributed by atoms with van der Waals surface area (Å²) in [7, 11) is 0. The fourth-order valence-corrected chi connectivity index (χ4v) is 4.19. The van der Waals surface area contributed by atoms with E-state index in [4.69, 9.17) is 10.1 Å². The minimum absolute atomic E-state index is 0.144. The summed E-state index contributed by atoms with van der Waals surface area (Å²) in [5.74, 6) is 1.04. The summed E-state index contributed by atoms with van der Waals surface area (Å²) in [6.45, 7) is 6.27. The Morgan fingerprint density at radius 1 is 1.10 bits per heavy atom. The molecule has 1 N–H and O–H groups in total.